The number of aromatic hydroxyl groups is 2. The van der Waals surface area contributed by atoms with Crippen LogP contribution < -0.4 is 0 Å². The molecule has 0 aromatic heterocycles. The highest BCUT2D eigenvalue weighted by Gasteiger charge is 2.16. The topological polar surface area (TPSA) is 40.5 Å². The molecule has 2 nitrogen and oxygen atoms in total. The molecule has 0 radical (unpaired) electrons. The van der Waals surface area contributed by atoms with E-state index in [1.54, 1.807) is 0 Å². The normalized spacial score (nSPS) is 11.5. The Kier molecular flexibility index (Phi) is 2.59. The fraction of sp³-hybridized carbons (Fsp3) is 0.176. The monoisotopic (exact) mass is 252 g/mol. The second kappa shape index (κ2) is 4.16. The molecule has 0 atom stereocenters. The van der Waals surface area contributed by atoms with Crippen molar-refractivity contribution >= 4 is 21.5 Å². The summed E-state index contributed by atoms with van der Waals surface area (Å²) in [7, 11) is 0. The molecule has 3 aromatic rings. The molecule has 0 saturated carbocycles. The number of hydrogen-bond donors (Lipinski definition) is 2. The number of rotatable bonds is 1. The number of phenols is 2. The van der Waals surface area contributed by atoms with Crippen LogP contribution in [0.4, 0.5) is 0 Å². The van der Waals surface area contributed by atoms with Gasteiger partial charge in [-0.3, -0.25) is 0 Å². The molecule has 3 rings (SSSR count). The quantitative estimate of drug-likeness (QED) is 0.493. The fourth-order valence-corrected chi connectivity index (χ4v) is 2.69. The van der Waals surface area contributed by atoms with Crippen LogP contribution in [0.1, 0.15) is 25.3 Å². The Morgan fingerprint density at radius 3 is 1.95 bits per heavy atom. The molecule has 19 heavy (non-hydrogen) atoms. The number of fused-ring (bicyclic) bond motifs is 2. The summed E-state index contributed by atoms with van der Waals surface area (Å²) >= 11 is 0. The van der Waals surface area contributed by atoms with Gasteiger partial charge in [0.05, 0.1) is 0 Å². The maximum absolute atomic E-state index is 10.6. The van der Waals surface area contributed by atoms with Gasteiger partial charge in [0, 0.05) is 21.5 Å². The number of phenolic OH excluding ortho intramolecular Hbond substituents is 2. The van der Waals surface area contributed by atoms with E-state index in [1.165, 1.54) is 0 Å². The highest BCUT2D eigenvalue weighted by atomic mass is 16.3. The molecule has 3 aromatic carbocycles. The molecule has 0 aliphatic rings. The first-order valence-corrected chi connectivity index (χ1v) is 6.46. The van der Waals surface area contributed by atoms with Crippen LogP contribution in [-0.4, -0.2) is 10.2 Å². The lowest BCUT2D eigenvalue weighted by Crippen LogP contribution is -1.91. The zero-order chi connectivity index (χ0) is 13.6. The van der Waals surface area contributed by atoms with Crippen molar-refractivity contribution in [1.29, 1.82) is 0 Å². The van der Waals surface area contributed by atoms with Crippen molar-refractivity contribution in [3.63, 3.8) is 0 Å². The van der Waals surface area contributed by atoms with Crippen molar-refractivity contribution in [2.75, 3.05) is 0 Å². The molecule has 2 heteroatoms. The van der Waals surface area contributed by atoms with E-state index in [0.717, 1.165) is 10.9 Å². The van der Waals surface area contributed by atoms with E-state index in [-0.39, 0.29) is 17.4 Å². The molecule has 0 aliphatic carbocycles. The van der Waals surface area contributed by atoms with Gasteiger partial charge in [-0.25, -0.2) is 0 Å². The molecule has 0 aliphatic heterocycles. The van der Waals surface area contributed by atoms with Crippen molar-refractivity contribution in [3.05, 3.63) is 48.0 Å². The van der Waals surface area contributed by atoms with Crippen LogP contribution in [0.5, 0.6) is 11.5 Å². The Morgan fingerprint density at radius 2 is 1.32 bits per heavy atom. The molecule has 0 saturated heterocycles. The minimum absolute atomic E-state index is 0.242. The van der Waals surface area contributed by atoms with Crippen molar-refractivity contribution in [1.82, 2.24) is 0 Å². The van der Waals surface area contributed by atoms with E-state index in [2.05, 4.69) is 13.8 Å². The van der Waals surface area contributed by atoms with E-state index in [1.807, 2.05) is 42.5 Å². The molecule has 96 valence electrons. The van der Waals surface area contributed by atoms with E-state index < -0.39 is 0 Å². The van der Waals surface area contributed by atoms with Crippen LogP contribution >= 0.6 is 0 Å². The van der Waals surface area contributed by atoms with E-state index in [4.69, 9.17) is 0 Å². The van der Waals surface area contributed by atoms with Crippen LogP contribution in [-0.2, 0) is 0 Å². The van der Waals surface area contributed by atoms with Gasteiger partial charge in [0.25, 0.3) is 0 Å². The molecule has 0 unspecified atom stereocenters. The number of hydrogen-bond acceptors (Lipinski definition) is 2. The zero-order valence-corrected chi connectivity index (χ0v) is 11.0. The molecule has 0 fully saturated rings. The Morgan fingerprint density at radius 1 is 0.737 bits per heavy atom. The lowest BCUT2D eigenvalue weighted by atomic mass is 9.92. The second-order valence-corrected chi connectivity index (χ2v) is 5.17. The van der Waals surface area contributed by atoms with Gasteiger partial charge in [0.2, 0.25) is 0 Å². The highest BCUT2D eigenvalue weighted by Crippen LogP contribution is 2.43. The molecular weight excluding hydrogens is 236 g/mol. The summed E-state index contributed by atoms with van der Waals surface area (Å²) in [5, 5.41) is 23.8. The summed E-state index contributed by atoms with van der Waals surface area (Å²) < 4.78 is 0. The second-order valence-electron chi connectivity index (χ2n) is 5.17. The fourth-order valence-electron chi connectivity index (χ4n) is 2.69. The van der Waals surface area contributed by atoms with Gasteiger partial charge in [0.15, 0.2) is 0 Å². The van der Waals surface area contributed by atoms with Gasteiger partial charge < -0.3 is 10.2 Å². The minimum atomic E-state index is 0.242. The Balaban J connectivity index is 2.60. The van der Waals surface area contributed by atoms with Crippen LogP contribution in [0.15, 0.2) is 42.5 Å². The van der Waals surface area contributed by atoms with Crippen LogP contribution in [0.25, 0.3) is 21.5 Å². The average Bonchev–Trinajstić information content (AvgIpc) is 2.44. The van der Waals surface area contributed by atoms with Gasteiger partial charge >= 0.3 is 0 Å². The van der Waals surface area contributed by atoms with Gasteiger partial charge in [-0.2, -0.15) is 0 Å². The summed E-state index contributed by atoms with van der Waals surface area (Å²) in [6.45, 7) is 4.17. The summed E-state index contributed by atoms with van der Waals surface area (Å²) in [5.41, 5.74) is 1.05. The third kappa shape index (κ3) is 1.64. The lowest BCUT2D eigenvalue weighted by Gasteiger charge is -2.15. The van der Waals surface area contributed by atoms with E-state index in [0.29, 0.717) is 16.2 Å². The lowest BCUT2D eigenvalue weighted by molar-refractivity contribution is 0.478. The first-order valence-electron chi connectivity index (χ1n) is 6.46. The SMILES string of the molecule is CC(C)c1cccc2c(O)c3ccccc3c(O)c12. The molecule has 2 N–H and O–H groups in total. The first kappa shape index (κ1) is 11.8. The van der Waals surface area contributed by atoms with Gasteiger partial charge in [-0.05, 0) is 11.5 Å². The van der Waals surface area contributed by atoms with Crippen molar-refractivity contribution in [2.24, 2.45) is 0 Å². The van der Waals surface area contributed by atoms with Crippen molar-refractivity contribution in [3.8, 4) is 11.5 Å². The smallest absolute Gasteiger partial charge is 0.131 e. The molecule has 0 spiro atoms. The van der Waals surface area contributed by atoms with Gasteiger partial charge in [-0.15, -0.1) is 0 Å². The maximum atomic E-state index is 10.6. The largest absolute Gasteiger partial charge is 0.507 e. The van der Waals surface area contributed by atoms with Crippen molar-refractivity contribution < 1.29 is 10.2 Å². The third-order valence-electron chi connectivity index (χ3n) is 3.65. The maximum Gasteiger partial charge on any atom is 0.131 e. The van der Waals surface area contributed by atoms with Gasteiger partial charge in [-0.1, -0.05) is 56.3 Å². The molecular formula is C17H16O2. The molecule has 0 bridgehead atoms. The Bertz CT molecular complexity index is 773. The van der Waals surface area contributed by atoms with Crippen LogP contribution in [0.3, 0.4) is 0 Å². The predicted molar refractivity (Wildman–Crippen MR) is 78.9 cm³/mol. The van der Waals surface area contributed by atoms with Crippen LogP contribution in [0, 0.1) is 0 Å². The Labute approximate surface area is 111 Å². The van der Waals surface area contributed by atoms with Crippen LogP contribution in [0.2, 0.25) is 0 Å². The third-order valence-corrected chi connectivity index (χ3v) is 3.65. The summed E-state index contributed by atoms with van der Waals surface area (Å²) in [5.74, 6) is 0.786. The van der Waals surface area contributed by atoms with E-state index >= 15 is 0 Å². The zero-order valence-electron chi connectivity index (χ0n) is 11.0. The van der Waals surface area contributed by atoms with Gasteiger partial charge in [0.1, 0.15) is 11.5 Å². The van der Waals surface area contributed by atoms with Crippen molar-refractivity contribution in [2.45, 2.75) is 19.8 Å². The predicted octanol–water partition coefficient (Wildman–Crippen LogP) is 4.53. The minimum Gasteiger partial charge on any atom is -0.507 e. The Hall–Kier alpha value is -2.22. The average molecular weight is 252 g/mol. The summed E-state index contributed by atoms with van der Waals surface area (Å²) in [6.07, 6.45) is 0. The summed E-state index contributed by atoms with van der Waals surface area (Å²) in [6, 6.07) is 13.2. The highest BCUT2D eigenvalue weighted by molar-refractivity contribution is 6.11. The molecule has 0 heterocycles. The standard InChI is InChI=1S/C17H16O2/c1-10(2)11-8-5-9-14-15(11)17(19)13-7-4-3-6-12(13)16(14)18/h3-10,18-19H,1-2H3. The number of benzene rings is 3. The molecule has 0 amide bonds. The van der Waals surface area contributed by atoms with E-state index in [9.17, 15) is 10.2 Å². The first-order chi connectivity index (χ1) is 9.11. The summed E-state index contributed by atoms with van der Waals surface area (Å²) in [4.78, 5) is 0.